The third-order valence-corrected chi connectivity index (χ3v) is 3.23. The summed E-state index contributed by atoms with van der Waals surface area (Å²) in [7, 11) is 1.79. The molecule has 0 saturated heterocycles. The lowest BCUT2D eigenvalue weighted by atomic mass is 10.0. The Balaban J connectivity index is 3.06. The number of nitrogens with two attached hydrogens (primary N) is 1. The molecule has 0 aliphatic rings. The third kappa shape index (κ3) is 3.80. The minimum Gasteiger partial charge on any atom is -0.337 e. The van der Waals surface area contributed by atoms with Gasteiger partial charge in [0, 0.05) is 19.3 Å². The first-order valence-electron chi connectivity index (χ1n) is 6.40. The van der Waals surface area contributed by atoms with Crippen LogP contribution in [0, 0.1) is 17.8 Å². The zero-order chi connectivity index (χ0) is 14.4. The van der Waals surface area contributed by atoms with E-state index in [1.165, 1.54) is 0 Å². The fraction of sp³-hybridized carbons (Fsp3) is 0.467. The van der Waals surface area contributed by atoms with Crippen molar-refractivity contribution in [1.82, 2.24) is 9.88 Å². The first kappa shape index (κ1) is 15.2. The van der Waals surface area contributed by atoms with Crippen LogP contribution >= 0.6 is 0 Å². The summed E-state index contributed by atoms with van der Waals surface area (Å²) in [6.45, 7) is 6.46. The van der Waals surface area contributed by atoms with Gasteiger partial charge in [-0.05, 0) is 25.0 Å². The standard InChI is InChI=1S/C15H21N3O/c1-11(2)12(3)18(4)15(19)14-13(7-5-9-16)8-6-10-17-14/h6,8,10-12H,9,16H2,1-4H3. The number of hydrogen-bond acceptors (Lipinski definition) is 3. The van der Waals surface area contributed by atoms with Crippen LogP contribution in [0.25, 0.3) is 0 Å². The van der Waals surface area contributed by atoms with E-state index < -0.39 is 0 Å². The largest absolute Gasteiger partial charge is 0.337 e. The Hall–Kier alpha value is -1.86. The van der Waals surface area contributed by atoms with E-state index in [2.05, 4.69) is 30.7 Å². The van der Waals surface area contributed by atoms with E-state index in [9.17, 15) is 4.79 Å². The van der Waals surface area contributed by atoms with Crippen LogP contribution in [0.1, 0.15) is 36.8 Å². The molecule has 0 radical (unpaired) electrons. The van der Waals surface area contributed by atoms with Crippen molar-refractivity contribution in [2.75, 3.05) is 13.6 Å². The summed E-state index contributed by atoms with van der Waals surface area (Å²) in [5, 5.41) is 0. The van der Waals surface area contributed by atoms with Crippen LogP contribution in [0.3, 0.4) is 0 Å². The molecule has 0 saturated carbocycles. The number of carbonyl (C=O) groups excluding carboxylic acids is 1. The molecule has 0 fully saturated rings. The van der Waals surface area contributed by atoms with Crippen LogP contribution in [0.15, 0.2) is 18.3 Å². The lowest BCUT2D eigenvalue weighted by molar-refractivity contribution is 0.0701. The van der Waals surface area contributed by atoms with Gasteiger partial charge in [0.2, 0.25) is 0 Å². The zero-order valence-electron chi connectivity index (χ0n) is 12.0. The minimum atomic E-state index is -0.108. The quantitative estimate of drug-likeness (QED) is 0.837. The van der Waals surface area contributed by atoms with Crippen molar-refractivity contribution < 1.29 is 4.79 Å². The van der Waals surface area contributed by atoms with Crippen molar-refractivity contribution in [3.05, 3.63) is 29.6 Å². The van der Waals surface area contributed by atoms with Gasteiger partial charge in [-0.2, -0.15) is 0 Å². The average Bonchev–Trinajstić information content (AvgIpc) is 2.42. The summed E-state index contributed by atoms with van der Waals surface area (Å²) < 4.78 is 0. The predicted molar refractivity (Wildman–Crippen MR) is 76.6 cm³/mol. The number of nitrogens with zero attached hydrogens (tertiary/aromatic N) is 2. The van der Waals surface area contributed by atoms with E-state index in [-0.39, 0.29) is 18.5 Å². The van der Waals surface area contributed by atoms with Gasteiger partial charge in [0.05, 0.1) is 12.1 Å². The highest BCUT2D eigenvalue weighted by molar-refractivity contribution is 5.94. The summed E-state index contributed by atoms with van der Waals surface area (Å²) in [6, 6.07) is 3.70. The van der Waals surface area contributed by atoms with Crippen molar-refractivity contribution in [2.24, 2.45) is 11.7 Å². The number of aromatic nitrogens is 1. The van der Waals surface area contributed by atoms with Gasteiger partial charge in [0.15, 0.2) is 0 Å². The van der Waals surface area contributed by atoms with Gasteiger partial charge in [-0.25, -0.2) is 4.98 Å². The Morgan fingerprint density at radius 2 is 2.16 bits per heavy atom. The second kappa shape index (κ2) is 6.91. The van der Waals surface area contributed by atoms with Crippen LogP contribution in [0.5, 0.6) is 0 Å². The molecule has 1 amide bonds. The number of amides is 1. The highest BCUT2D eigenvalue weighted by atomic mass is 16.2. The van der Waals surface area contributed by atoms with Crippen LogP contribution in [-0.4, -0.2) is 35.4 Å². The van der Waals surface area contributed by atoms with Gasteiger partial charge < -0.3 is 10.6 Å². The fourth-order valence-corrected chi connectivity index (χ4v) is 1.62. The maximum atomic E-state index is 12.4. The second-order valence-electron chi connectivity index (χ2n) is 4.81. The Morgan fingerprint density at radius 1 is 1.47 bits per heavy atom. The number of carbonyl (C=O) groups is 1. The van der Waals surface area contributed by atoms with E-state index in [0.717, 1.165) is 0 Å². The molecule has 0 aliphatic heterocycles. The van der Waals surface area contributed by atoms with Crippen LogP contribution < -0.4 is 5.73 Å². The van der Waals surface area contributed by atoms with Crippen LogP contribution in [0.4, 0.5) is 0 Å². The molecule has 4 nitrogen and oxygen atoms in total. The Morgan fingerprint density at radius 3 is 2.74 bits per heavy atom. The van der Waals surface area contributed by atoms with Crippen molar-refractivity contribution in [3.63, 3.8) is 0 Å². The monoisotopic (exact) mass is 259 g/mol. The van der Waals surface area contributed by atoms with Crippen molar-refractivity contribution in [1.29, 1.82) is 0 Å². The summed E-state index contributed by atoms with van der Waals surface area (Å²) in [5.41, 5.74) is 6.37. The van der Waals surface area contributed by atoms with Crippen molar-refractivity contribution in [2.45, 2.75) is 26.8 Å². The van der Waals surface area contributed by atoms with Crippen LogP contribution in [0.2, 0.25) is 0 Å². The van der Waals surface area contributed by atoms with Gasteiger partial charge in [0.1, 0.15) is 5.69 Å². The predicted octanol–water partition coefficient (Wildman–Crippen LogP) is 1.51. The molecule has 1 aromatic heterocycles. The number of pyridine rings is 1. The number of rotatable bonds is 3. The van der Waals surface area contributed by atoms with Crippen LogP contribution in [-0.2, 0) is 0 Å². The molecule has 0 spiro atoms. The Kier molecular flexibility index (Phi) is 5.53. The molecule has 102 valence electrons. The molecule has 19 heavy (non-hydrogen) atoms. The van der Waals surface area contributed by atoms with Gasteiger partial charge in [-0.3, -0.25) is 4.79 Å². The highest BCUT2D eigenvalue weighted by Crippen LogP contribution is 2.13. The molecule has 1 unspecified atom stereocenters. The molecule has 4 heteroatoms. The molecule has 0 aromatic carbocycles. The molecule has 1 aromatic rings. The van der Waals surface area contributed by atoms with E-state index >= 15 is 0 Å². The molecular weight excluding hydrogens is 238 g/mol. The van der Waals surface area contributed by atoms with Gasteiger partial charge in [0.25, 0.3) is 5.91 Å². The van der Waals surface area contributed by atoms with Gasteiger partial charge in [-0.1, -0.05) is 25.7 Å². The topological polar surface area (TPSA) is 59.2 Å². The molecule has 1 rings (SSSR count). The average molecular weight is 259 g/mol. The summed E-state index contributed by atoms with van der Waals surface area (Å²) >= 11 is 0. The molecule has 0 bridgehead atoms. The van der Waals surface area contributed by atoms with E-state index in [4.69, 9.17) is 5.73 Å². The van der Waals surface area contributed by atoms with Gasteiger partial charge >= 0.3 is 0 Å². The van der Waals surface area contributed by atoms with Gasteiger partial charge in [-0.15, -0.1) is 0 Å². The normalized spacial score (nSPS) is 11.7. The summed E-state index contributed by atoms with van der Waals surface area (Å²) in [6.07, 6.45) is 1.61. The zero-order valence-corrected chi connectivity index (χ0v) is 12.0. The van der Waals surface area contributed by atoms with E-state index in [0.29, 0.717) is 17.2 Å². The first-order valence-corrected chi connectivity index (χ1v) is 6.40. The molecule has 1 heterocycles. The summed E-state index contributed by atoms with van der Waals surface area (Å²) in [5.74, 6) is 5.93. The van der Waals surface area contributed by atoms with Crippen molar-refractivity contribution in [3.8, 4) is 11.8 Å². The summed E-state index contributed by atoms with van der Waals surface area (Å²) in [4.78, 5) is 18.3. The lowest BCUT2D eigenvalue weighted by Gasteiger charge is -2.27. The lowest BCUT2D eigenvalue weighted by Crippen LogP contribution is -2.39. The SMILES string of the molecule is CC(C)C(C)N(C)C(=O)c1ncccc1C#CCN. The van der Waals surface area contributed by atoms with E-state index in [1.54, 1.807) is 30.3 Å². The first-order chi connectivity index (χ1) is 8.99. The molecule has 2 N–H and O–H groups in total. The Bertz CT molecular complexity index is 500. The highest BCUT2D eigenvalue weighted by Gasteiger charge is 2.22. The minimum absolute atomic E-state index is 0.108. The molecular formula is C15H21N3O. The second-order valence-corrected chi connectivity index (χ2v) is 4.81. The maximum Gasteiger partial charge on any atom is 0.273 e. The third-order valence-electron chi connectivity index (χ3n) is 3.23. The smallest absolute Gasteiger partial charge is 0.273 e. The molecule has 0 aliphatic carbocycles. The molecule has 1 atom stereocenters. The Labute approximate surface area is 115 Å². The maximum absolute atomic E-state index is 12.4. The number of hydrogen-bond donors (Lipinski definition) is 1. The van der Waals surface area contributed by atoms with Crippen molar-refractivity contribution >= 4 is 5.91 Å². The van der Waals surface area contributed by atoms with E-state index in [1.807, 2.05) is 6.92 Å². The fourth-order valence-electron chi connectivity index (χ4n) is 1.62.